The van der Waals surface area contributed by atoms with Crippen LogP contribution in [0.4, 0.5) is 26.2 Å². The van der Waals surface area contributed by atoms with E-state index in [1.165, 1.54) is 20.3 Å². The third-order valence-corrected chi connectivity index (χ3v) is 5.56. The minimum Gasteiger partial charge on any atom is -0.479 e. The Kier molecular flexibility index (Phi) is 7.56. The number of ether oxygens (including phenoxy) is 3. The largest absolute Gasteiger partial charge is 0.479 e. The number of aromatic nitrogens is 3. The van der Waals surface area contributed by atoms with Crippen LogP contribution < -0.4 is 20.1 Å². The second kappa shape index (κ2) is 11.0. The zero-order chi connectivity index (χ0) is 25.7. The molecule has 190 valence electrons. The number of esters is 1. The van der Waals surface area contributed by atoms with Crippen LogP contribution in [0.25, 0.3) is 0 Å². The third kappa shape index (κ3) is 5.85. The van der Waals surface area contributed by atoms with E-state index in [2.05, 4.69) is 25.8 Å². The molecule has 11 nitrogen and oxygen atoms in total. The Balaban J connectivity index is 1.36. The van der Waals surface area contributed by atoms with E-state index in [1.807, 2.05) is 0 Å². The summed E-state index contributed by atoms with van der Waals surface area (Å²) >= 11 is 0. The van der Waals surface area contributed by atoms with E-state index in [0.717, 1.165) is 12.1 Å². The lowest BCUT2D eigenvalue weighted by atomic mass is 9.87. The number of nitrogens with one attached hydrogen (secondary N) is 2. The molecule has 0 radical (unpaired) electrons. The van der Waals surface area contributed by atoms with Gasteiger partial charge in [0.2, 0.25) is 11.8 Å². The predicted octanol–water partition coefficient (Wildman–Crippen LogP) is 3.86. The van der Waals surface area contributed by atoms with Crippen LogP contribution >= 0.6 is 0 Å². The Hall–Kier alpha value is -4.29. The number of hydrogen-bond acceptors (Lipinski definition) is 10. The number of halogens is 2. The Bertz CT molecular complexity index is 1250. The number of pyridine rings is 1. The molecule has 2 N–H and O–H groups in total. The molecule has 2 heterocycles. The maximum absolute atomic E-state index is 13.4. The summed E-state index contributed by atoms with van der Waals surface area (Å²) in [5.41, 5.74) is 0.391. The van der Waals surface area contributed by atoms with Gasteiger partial charge in [-0.15, -0.1) is 5.10 Å². The summed E-state index contributed by atoms with van der Waals surface area (Å²) < 4.78 is 47.7. The zero-order valence-electron chi connectivity index (χ0n) is 19.4. The number of anilines is 3. The molecule has 1 aromatic carbocycles. The van der Waals surface area contributed by atoms with Gasteiger partial charge < -0.3 is 29.3 Å². The van der Waals surface area contributed by atoms with Gasteiger partial charge in [0.1, 0.15) is 11.8 Å². The Morgan fingerprint density at radius 3 is 2.50 bits per heavy atom. The number of methoxy groups -OCH3 is 2. The zero-order valence-corrected chi connectivity index (χ0v) is 19.4. The normalized spacial score (nSPS) is 17.2. The van der Waals surface area contributed by atoms with Gasteiger partial charge in [0.05, 0.1) is 20.1 Å². The van der Waals surface area contributed by atoms with Crippen LogP contribution in [0.2, 0.25) is 0 Å². The number of nitrogens with zero attached hydrogens (tertiary/aromatic N) is 3. The van der Waals surface area contributed by atoms with Gasteiger partial charge in [0, 0.05) is 17.8 Å². The monoisotopic (exact) mass is 503 g/mol. The maximum atomic E-state index is 13.4. The molecule has 0 atom stereocenters. The number of hydrogen-bond donors (Lipinski definition) is 2. The van der Waals surface area contributed by atoms with E-state index in [4.69, 9.17) is 18.6 Å². The molecule has 13 heteroatoms. The fourth-order valence-corrected chi connectivity index (χ4v) is 3.73. The highest BCUT2D eigenvalue weighted by atomic mass is 19.2. The van der Waals surface area contributed by atoms with Crippen LogP contribution in [0.1, 0.15) is 36.4 Å². The first-order valence-corrected chi connectivity index (χ1v) is 11.0. The lowest BCUT2D eigenvalue weighted by molar-refractivity contribution is -0.147. The van der Waals surface area contributed by atoms with Gasteiger partial charge in [0.25, 0.3) is 0 Å². The summed E-state index contributed by atoms with van der Waals surface area (Å²) in [4.78, 5) is 28.5. The molecular weight excluding hydrogens is 480 g/mol. The Morgan fingerprint density at radius 1 is 1.03 bits per heavy atom. The second-order valence-electron chi connectivity index (χ2n) is 7.94. The van der Waals surface area contributed by atoms with E-state index in [1.54, 1.807) is 12.1 Å². The molecule has 2 aromatic heterocycles. The molecule has 1 saturated carbocycles. The van der Waals surface area contributed by atoms with E-state index < -0.39 is 17.5 Å². The van der Waals surface area contributed by atoms with Crippen LogP contribution in [0.3, 0.4) is 0 Å². The number of amides is 1. The van der Waals surface area contributed by atoms with Crippen molar-refractivity contribution < 1.29 is 37.0 Å². The molecule has 1 aliphatic carbocycles. The number of carbonyl (C=O) groups is 2. The smallest absolute Gasteiger partial charge is 0.320 e. The summed E-state index contributed by atoms with van der Waals surface area (Å²) in [5.74, 6) is -3.10. The highest BCUT2D eigenvalue weighted by Crippen LogP contribution is 2.30. The molecule has 0 bridgehead atoms. The number of carbonyl (C=O) groups excluding carboxylic acids is 2. The van der Waals surface area contributed by atoms with E-state index in [0.29, 0.717) is 31.6 Å². The van der Waals surface area contributed by atoms with Crippen molar-refractivity contribution in [1.82, 2.24) is 15.2 Å². The highest BCUT2D eigenvalue weighted by Gasteiger charge is 2.28. The van der Waals surface area contributed by atoms with Gasteiger partial charge >= 0.3 is 23.8 Å². The molecule has 3 aromatic rings. The molecule has 1 fully saturated rings. The highest BCUT2D eigenvalue weighted by molar-refractivity contribution is 6.01. The van der Waals surface area contributed by atoms with E-state index in [-0.39, 0.29) is 47.2 Å². The van der Waals surface area contributed by atoms with E-state index >= 15 is 0 Å². The molecule has 0 spiro atoms. The van der Waals surface area contributed by atoms with Crippen molar-refractivity contribution in [2.75, 3.05) is 24.9 Å². The molecule has 36 heavy (non-hydrogen) atoms. The quantitative estimate of drug-likeness (QED) is 0.436. The molecule has 0 saturated heterocycles. The molecule has 1 aliphatic rings. The molecule has 0 unspecified atom stereocenters. The van der Waals surface area contributed by atoms with Crippen molar-refractivity contribution in [1.29, 1.82) is 0 Å². The summed E-state index contributed by atoms with van der Waals surface area (Å²) in [6.45, 7) is 0. The van der Waals surface area contributed by atoms with Crippen molar-refractivity contribution in [3.05, 3.63) is 47.9 Å². The number of benzene rings is 1. The SMILES string of the molecule is COc1nc(O[C@H]2CC[C@H](C(=O)OC)CC2)ccc1NC(=O)c1nnc(Nc2ccc(F)c(F)c2)o1. The van der Waals surface area contributed by atoms with Gasteiger partial charge in [-0.05, 0) is 43.9 Å². The van der Waals surface area contributed by atoms with Gasteiger partial charge in [-0.3, -0.25) is 9.59 Å². The molecule has 0 aliphatic heterocycles. The van der Waals surface area contributed by atoms with Crippen LogP contribution in [-0.4, -0.2) is 47.4 Å². The number of rotatable bonds is 8. The molecule has 4 rings (SSSR count). The van der Waals surface area contributed by atoms with Crippen molar-refractivity contribution in [2.45, 2.75) is 31.8 Å². The van der Waals surface area contributed by atoms with Gasteiger partial charge in [-0.2, -0.15) is 4.98 Å². The first kappa shape index (κ1) is 24.8. The average Bonchev–Trinajstić information content (AvgIpc) is 3.35. The average molecular weight is 503 g/mol. The molecule has 1 amide bonds. The van der Waals surface area contributed by atoms with E-state index in [9.17, 15) is 18.4 Å². The van der Waals surface area contributed by atoms with Crippen LogP contribution in [0, 0.1) is 17.6 Å². The first-order chi connectivity index (χ1) is 17.4. The minimum absolute atomic E-state index is 0.101. The summed E-state index contributed by atoms with van der Waals surface area (Å²) in [6.07, 6.45) is 2.59. The fourth-order valence-electron chi connectivity index (χ4n) is 3.73. The predicted molar refractivity (Wildman–Crippen MR) is 121 cm³/mol. The van der Waals surface area contributed by atoms with Crippen molar-refractivity contribution in [2.24, 2.45) is 5.92 Å². The summed E-state index contributed by atoms with van der Waals surface area (Å²) in [5, 5.41) is 12.5. The van der Waals surface area contributed by atoms with Crippen LogP contribution in [0.15, 0.2) is 34.7 Å². The van der Waals surface area contributed by atoms with Gasteiger partial charge in [0.15, 0.2) is 11.6 Å². The first-order valence-electron chi connectivity index (χ1n) is 11.0. The van der Waals surface area contributed by atoms with Crippen LogP contribution in [-0.2, 0) is 9.53 Å². The summed E-state index contributed by atoms with van der Waals surface area (Å²) in [6, 6.07) is 6.05. The van der Waals surface area contributed by atoms with Crippen molar-refractivity contribution in [3.8, 4) is 11.8 Å². The van der Waals surface area contributed by atoms with Crippen molar-refractivity contribution in [3.63, 3.8) is 0 Å². The summed E-state index contributed by atoms with van der Waals surface area (Å²) in [7, 11) is 2.77. The second-order valence-corrected chi connectivity index (χ2v) is 7.94. The maximum Gasteiger partial charge on any atom is 0.320 e. The van der Waals surface area contributed by atoms with Crippen molar-refractivity contribution >= 4 is 29.3 Å². The van der Waals surface area contributed by atoms with Crippen LogP contribution in [0.5, 0.6) is 11.8 Å². The Labute approximate surface area is 204 Å². The molecular formula is C23H23F2N5O6. The third-order valence-electron chi connectivity index (χ3n) is 5.56. The minimum atomic E-state index is -1.06. The van der Waals surface area contributed by atoms with Gasteiger partial charge in [-0.1, -0.05) is 5.10 Å². The standard InChI is InChI=1S/C23H23F2N5O6/c1-33-20-17(9-10-18(28-20)35-14-6-3-12(4-7-14)22(32)34-2)27-19(31)21-29-30-23(36-21)26-13-5-8-15(24)16(25)11-13/h5,8-12,14H,3-4,6-7H2,1-2H3,(H,26,30)(H,27,31)/t12-,14-. The van der Waals surface area contributed by atoms with Gasteiger partial charge in [-0.25, -0.2) is 8.78 Å². The lowest BCUT2D eigenvalue weighted by Gasteiger charge is -2.27. The topological polar surface area (TPSA) is 138 Å². The lowest BCUT2D eigenvalue weighted by Crippen LogP contribution is -2.28. The fraction of sp³-hybridized carbons (Fsp3) is 0.348. The Morgan fingerprint density at radius 2 is 1.81 bits per heavy atom.